The van der Waals surface area contributed by atoms with E-state index in [1.807, 2.05) is 20.8 Å². The largest absolute Gasteiger partial charge is 0.444 e. The van der Waals surface area contributed by atoms with E-state index in [0.29, 0.717) is 12.0 Å². The van der Waals surface area contributed by atoms with Gasteiger partial charge in [0.2, 0.25) is 0 Å². The molecule has 1 rings (SSSR count). The van der Waals surface area contributed by atoms with Crippen LogP contribution in [0.1, 0.15) is 53.9 Å². The van der Waals surface area contributed by atoms with Crippen LogP contribution in [0.15, 0.2) is 0 Å². The summed E-state index contributed by atoms with van der Waals surface area (Å²) in [4.78, 5) is 11.7. The van der Waals surface area contributed by atoms with Gasteiger partial charge in [-0.3, -0.25) is 0 Å². The van der Waals surface area contributed by atoms with Crippen molar-refractivity contribution >= 4 is 6.09 Å². The van der Waals surface area contributed by atoms with Crippen LogP contribution in [0.25, 0.3) is 0 Å². The third kappa shape index (κ3) is 6.24. The summed E-state index contributed by atoms with van der Waals surface area (Å²) in [5.74, 6) is 0.683. The van der Waals surface area contributed by atoms with Crippen molar-refractivity contribution in [3.05, 3.63) is 0 Å². The first-order chi connectivity index (χ1) is 8.26. The fourth-order valence-electron chi connectivity index (χ4n) is 2.36. The first kappa shape index (κ1) is 15.3. The molecule has 0 radical (unpaired) electrons. The maximum atomic E-state index is 11.7. The number of carbonyl (C=O) groups is 1. The Labute approximate surface area is 111 Å². The van der Waals surface area contributed by atoms with Gasteiger partial charge in [-0.15, -0.1) is 0 Å². The highest BCUT2D eigenvalue weighted by Crippen LogP contribution is 2.16. The lowest BCUT2D eigenvalue weighted by Crippen LogP contribution is -2.49. The SMILES string of the molecule is CC(C)CC1CC(NC(=O)OC(C)(C)C)CCN1. The lowest BCUT2D eigenvalue weighted by Gasteiger charge is -2.32. The van der Waals surface area contributed by atoms with Gasteiger partial charge in [0.15, 0.2) is 0 Å². The summed E-state index contributed by atoms with van der Waals surface area (Å²) < 4.78 is 5.29. The van der Waals surface area contributed by atoms with Crippen molar-refractivity contribution < 1.29 is 9.53 Å². The molecular formula is C14H28N2O2. The maximum absolute atomic E-state index is 11.7. The molecule has 1 aliphatic rings. The molecule has 0 aromatic rings. The molecule has 1 heterocycles. The van der Waals surface area contributed by atoms with Gasteiger partial charge in [0.25, 0.3) is 0 Å². The molecule has 0 aromatic heterocycles. The smallest absolute Gasteiger partial charge is 0.407 e. The molecule has 1 saturated heterocycles. The maximum Gasteiger partial charge on any atom is 0.407 e. The van der Waals surface area contributed by atoms with Gasteiger partial charge in [0.05, 0.1) is 0 Å². The highest BCUT2D eigenvalue weighted by molar-refractivity contribution is 5.68. The minimum atomic E-state index is -0.422. The van der Waals surface area contributed by atoms with Crippen molar-refractivity contribution in [1.82, 2.24) is 10.6 Å². The Bertz CT molecular complexity index is 271. The molecule has 4 heteroatoms. The molecule has 0 aromatic carbocycles. The summed E-state index contributed by atoms with van der Waals surface area (Å²) in [7, 11) is 0. The molecule has 1 fully saturated rings. The van der Waals surface area contributed by atoms with Crippen LogP contribution in [0, 0.1) is 5.92 Å². The second-order valence-corrected chi connectivity index (χ2v) is 6.65. The van der Waals surface area contributed by atoms with Crippen molar-refractivity contribution in [1.29, 1.82) is 0 Å². The zero-order chi connectivity index (χ0) is 13.8. The van der Waals surface area contributed by atoms with Crippen LogP contribution in [0.3, 0.4) is 0 Å². The van der Waals surface area contributed by atoms with Gasteiger partial charge < -0.3 is 15.4 Å². The van der Waals surface area contributed by atoms with Crippen LogP contribution >= 0.6 is 0 Å². The fraction of sp³-hybridized carbons (Fsp3) is 0.929. The molecule has 0 aliphatic carbocycles. The fourth-order valence-corrected chi connectivity index (χ4v) is 2.36. The first-order valence-corrected chi connectivity index (χ1v) is 6.99. The third-order valence-electron chi connectivity index (χ3n) is 2.97. The van der Waals surface area contributed by atoms with Crippen molar-refractivity contribution in [2.75, 3.05) is 6.54 Å². The van der Waals surface area contributed by atoms with E-state index in [4.69, 9.17) is 4.74 Å². The second-order valence-electron chi connectivity index (χ2n) is 6.65. The number of nitrogens with one attached hydrogen (secondary N) is 2. The normalized spacial score (nSPS) is 25.0. The molecule has 4 nitrogen and oxygen atoms in total. The summed E-state index contributed by atoms with van der Waals surface area (Å²) in [5, 5.41) is 6.49. The molecule has 2 N–H and O–H groups in total. The van der Waals surface area contributed by atoms with Crippen LogP contribution in [-0.2, 0) is 4.74 Å². The van der Waals surface area contributed by atoms with E-state index in [1.165, 1.54) is 0 Å². The van der Waals surface area contributed by atoms with Crippen molar-refractivity contribution in [3.8, 4) is 0 Å². The lowest BCUT2D eigenvalue weighted by atomic mass is 9.93. The number of ether oxygens (including phenoxy) is 1. The van der Waals surface area contributed by atoms with Crippen molar-refractivity contribution in [2.45, 2.75) is 71.6 Å². The van der Waals surface area contributed by atoms with Gasteiger partial charge in [-0.1, -0.05) is 13.8 Å². The topological polar surface area (TPSA) is 50.4 Å². The van der Waals surface area contributed by atoms with Crippen LogP contribution in [0.5, 0.6) is 0 Å². The van der Waals surface area contributed by atoms with Crippen LogP contribution in [0.2, 0.25) is 0 Å². The minimum absolute atomic E-state index is 0.241. The van der Waals surface area contributed by atoms with E-state index in [2.05, 4.69) is 24.5 Å². The Morgan fingerprint density at radius 2 is 2.11 bits per heavy atom. The molecule has 2 atom stereocenters. The number of alkyl carbamates (subject to hydrolysis) is 1. The van der Waals surface area contributed by atoms with Gasteiger partial charge in [-0.2, -0.15) is 0 Å². The van der Waals surface area contributed by atoms with Gasteiger partial charge in [0.1, 0.15) is 5.60 Å². The summed E-state index contributed by atoms with van der Waals surface area (Å²) in [6.45, 7) is 11.1. The van der Waals surface area contributed by atoms with Crippen molar-refractivity contribution in [2.24, 2.45) is 5.92 Å². The van der Waals surface area contributed by atoms with Gasteiger partial charge in [0, 0.05) is 12.1 Å². The van der Waals surface area contributed by atoms with E-state index >= 15 is 0 Å². The average molecular weight is 256 g/mol. The second kappa shape index (κ2) is 6.41. The average Bonchev–Trinajstić information content (AvgIpc) is 2.13. The van der Waals surface area contributed by atoms with Gasteiger partial charge in [-0.25, -0.2) is 4.79 Å². The van der Waals surface area contributed by atoms with Crippen molar-refractivity contribution in [3.63, 3.8) is 0 Å². The van der Waals surface area contributed by atoms with Crippen LogP contribution in [-0.4, -0.2) is 30.3 Å². The van der Waals surface area contributed by atoms with E-state index < -0.39 is 5.60 Å². The molecule has 0 spiro atoms. The summed E-state index contributed by atoms with van der Waals surface area (Å²) in [5.41, 5.74) is -0.422. The number of carbonyl (C=O) groups excluding carboxylic acids is 1. The number of hydrogen-bond acceptors (Lipinski definition) is 3. The Hall–Kier alpha value is -0.770. The molecule has 106 valence electrons. The molecule has 0 bridgehead atoms. The number of hydrogen-bond donors (Lipinski definition) is 2. The number of amides is 1. The zero-order valence-electron chi connectivity index (χ0n) is 12.4. The third-order valence-corrected chi connectivity index (χ3v) is 2.97. The number of piperidine rings is 1. The molecule has 0 saturated carbocycles. The molecule has 2 unspecified atom stereocenters. The predicted octanol–water partition coefficient (Wildman–Crippen LogP) is 2.68. The van der Waals surface area contributed by atoms with Crippen LogP contribution < -0.4 is 10.6 Å². The Morgan fingerprint density at radius 1 is 1.44 bits per heavy atom. The van der Waals surface area contributed by atoms with E-state index in [9.17, 15) is 4.79 Å². The van der Waals surface area contributed by atoms with Gasteiger partial charge in [-0.05, 0) is 52.5 Å². The Morgan fingerprint density at radius 3 is 2.67 bits per heavy atom. The highest BCUT2D eigenvalue weighted by atomic mass is 16.6. The monoisotopic (exact) mass is 256 g/mol. The number of rotatable bonds is 3. The molecular weight excluding hydrogens is 228 g/mol. The molecule has 18 heavy (non-hydrogen) atoms. The van der Waals surface area contributed by atoms with E-state index in [0.717, 1.165) is 25.8 Å². The van der Waals surface area contributed by atoms with Crippen LogP contribution in [0.4, 0.5) is 4.79 Å². The highest BCUT2D eigenvalue weighted by Gasteiger charge is 2.25. The first-order valence-electron chi connectivity index (χ1n) is 6.99. The standard InChI is InChI=1S/C14H28N2O2/c1-10(2)8-12-9-11(6-7-15-12)16-13(17)18-14(3,4)5/h10-12,15H,6-9H2,1-5H3,(H,16,17). The van der Waals surface area contributed by atoms with E-state index in [-0.39, 0.29) is 12.1 Å². The Balaban J connectivity index is 2.36. The van der Waals surface area contributed by atoms with Gasteiger partial charge >= 0.3 is 6.09 Å². The molecule has 1 aliphatic heterocycles. The zero-order valence-corrected chi connectivity index (χ0v) is 12.4. The minimum Gasteiger partial charge on any atom is -0.444 e. The quantitative estimate of drug-likeness (QED) is 0.816. The summed E-state index contributed by atoms with van der Waals surface area (Å²) >= 11 is 0. The predicted molar refractivity (Wildman–Crippen MR) is 73.6 cm³/mol. The summed E-state index contributed by atoms with van der Waals surface area (Å²) in [6, 6.07) is 0.753. The molecule has 1 amide bonds. The lowest BCUT2D eigenvalue weighted by molar-refractivity contribution is 0.0489. The summed E-state index contributed by atoms with van der Waals surface area (Å²) in [6.07, 6.45) is 2.84. The Kier molecular flexibility index (Phi) is 5.45. The van der Waals surface area contributed by atoms with E-state index in [1.54, 1.807) is 0 Å².